The maximum absolute atomic E-state index is 9.46. The molecule has 0 aliphatic heterocycles. The van der Waals surface area contributed by atoms with Gasteiger partial charge in [0.05, 0.1) is 6.10 Å². The molecule has 0 radical (unpaired) electrons. The molecule has 0 aromatic carbocycles. The van der Waals surface area contributed by atoms with Crippen molar-refractivity contribution in [2.75, 3.05) is 6.61 Å². The Morgan fingerprint density at radius 3 is 2.25 bits per heavy atom. The molecule has 0 aliphatic rings. The molecular formula is C10H22O2. The lowest BCUT2D eigenvalue weighted by atomic mass is 10.0. The Kier molecular flexibility index (Phi) is 7.51. The van der Waals surface area contributed by atoms with Crippen LogP contribution in [-0.2, 0) is 0 Å². The van der Waals surface area contributed by atoms with Crippen LogP contribution in [-0.4, -0.2) is 22.9 Å². The van der Waals surface area contributed by atoms with Gasteiger partial charge in [0.1, 0.15) is 0 Å². The van der Waals surface area contributed by atoms with Gasteiger partial charge in [-0.15, -0.1) is 0 Å². The van der Waals surface area contributed by atoms with Gasteiger partial charge in [-0.3, -0.25) is 0 Å². The summed E-state index contributed by atoms with van der Waals surface area (Å²) in [4.78, 5) is 0. The monoisotopic (exact) mass is 174 g/mol. The van der Waals surface area contributed by atoms with Crippen molar-refractivity contribution in [2.24, 2.45) is 5.92 Å². The van der Waals surface area contributed by atoms with Gasteiger partial charge in [-0.05, 0) is 25.2 Å². The Balaban J connectivity index is 3.14. The zero-order chi connectivity index (χ0) is 9.40. The van der Waals surface area contributed by atoms with Gasteiger partial charge in [0.25, 0.3) is 0 Å². The largest absolute Gasteiger partial charge is 0.396 e. The van der Waals surface area contributed by atoms with Gasteiger partial charge in [0, 0.05) is 6.61 Å². The van der Waals surface area contributed by atoms with Crippen LogP contribution in [0, 0.1) is 5.92 Å². The summed E-state index contributed by atoms with van der Waals surface area (Å²) in [5.41, 5.74) is 0. The van der Waals surface area contributed by atoms with Gasteiger partial charge in [-0.2, -0.15) is 0 Å². The summed E-state index contributed by atoms with van der Waals surface area (Å²) < 4.78 is 0. The van der Waals surface area contributed by atoms with E-state index in [-0.39, 0.29) is 12.7 Å². The van der Waals surface area contributed by atoms with Crippen LogP contribution in [0.2, 0.25) is 0 Å². The Morgan fingerprint density at radius 2 is 1.75 bits per heavy atom. The van der Waals surface area contributed by atoms with Gasteiger partial charge in [-0.25, -0.2) is 0 Å². The van der Waals surface area contributed by atoms with E-state index in [1.807, 2.05) is 0 Å². The van der Waals surface area contributed by atoms with Gasteiger partial charge < -0.3 is 10.2 Å². The summed E-state index contributed by atoms with van der Waals surface area (Å²) in [5, 5.41) is 18.0. The highest BCUT2D eigenvalue weighted by atomic mass is 16.3. The molecule has 12 heavy (non-hydrogen) atoms. The fourth-order valence-electron chi connectivity index (χ4n) is 1.33. The normalized spacial score (nSPS) is 13.8. The van der Waals surface area contributed by atoms with Crippen molar-refractivity contribution in [3.8, 4) is 0 Å². The van der Waals surface area contributed by atoms with Crippen LogP contribution in [0.5, 0.6) is 0 Å². The maximum atomic E-state index is 9.46. The average molecular weight is 174 g/mol. The summed E-state index contributed by atoms with van der Waals surface area (Å²) in [6.07, 6.45) is 4.59. The summed E-state index contributed by atoms with van der Waals surface area (Å²) in [7, 11) is 0. The number of rotatable bonds is 7. The Morgan fingerprint density at radius 1 is 1.08 bits per heavy atom. The molecule has 0 bridgehead atoms. The molecule has 0 aliphatic carbocycles. The number of hydrogen-bond acceptors (Lipinski definition) is 2. The van der Waals surface area contributed by atoms with Crippen molar-refractivity contribution in [1.82, 2.24) is 0 Å². The lowest BCUT2D eigenvalue weighted by Crippen LogP contribution is -2.09. The first-order valence-electron chi connectivity index (χ1n) is 4.95. The molecule has 0 amide bonds. The molecule has 0 saturated heterocycles. The first-order valence-corrected chi connectivity index (χ1v) is 4.95. The maximum Gasteiger partial charge on any atom is 0.0542 e. The van der Waals surface area contributed by atoms with Gasteiger partial charge in [0.15, 0.2) is 0 Å². The van der Waals surface area contributed by atoms with Crippen LogP contribution < -0.4 is 0 Å². The minimum Gasteiger partial charge on any atom is -0.396 e. The third-order valence-electron chi connectivity index (χ3n) is 1.94. The molecule has 1 unspecified atom stereocenters. The molecule has 0 fully saturated rings. The molecule has 0 rings (SSSR count). The molecule has 0 saturated carbocycles. The van der Waals surface area contributed by atoms with E-state index in [9.17, 15) is 5.11 Å². The van der Waals surface area contributed by atoms with E-state index in [4.69, 9.17) is 5.11 Å². The van der Waals surface area contributed by atoms with E-state index in [1.54, 1.807) is 0 Å². The summed E-state index contributed by atoms with van der Waals surface area (Å²) in [5.74, 6) is 0.581. The van der Waals surface area contributed by atoms with Crippen LogP contribution in [0.4, 0.5) is 0 Å². The van der Waals surface area contributed by atoms with E-state index in [2.05, 4.69) is 13.8 Å². The van der Waals surface area contributed by atoms with Crippen molar-refractivity contribution in [3.63, 3.8) is 0 Å². The fourth-order valence-corrected chi connectivity index (χ4v) is 1.33. The molecule has 2 N–H and O–H groups in total. The molecule has 0 spiro atoms. The Hall–Kier alpha value is -0.0800. The second-order valence-corrected chi connectivity index (χ2v) is 3.86. The van der Waals surface area contributed by atoms with Crippen molar-refractivity contribution in [1.29, 1.82) is 0 Å². The topological polar surface area (TPSA) is 40.5 Å². The van der Waals surface area contributed by atoms with Crippen molar-refractivity contribution >= 4 is 0 Å². The molecule has 2 heteroatoms. The number of aliphatic hydroxyl groups is 2. The quantitative estimate of drug-likeness (QED) is 0.579. The van der Waals surface area contributed by atoms with Crippen LogP contribution in [0.15, 0.2) is 0 Å². The average Bonchev–Trinajstić information content (AvgIpc) is 1.97. The molecule has 0 heterocycles. The van der Waals surface area contributed by atoms with Crippen LogP contribution in [0.3, 0.4) is 0 Å². The van der Waals surface area contributed by atoms with Crippen LogP contribution >= 0.6 is 0 Å². The smallest absolute Gasteiger partial charge is 0.0542 e. The first-order chi connectivity index (χ1) is 5.66. The minimum absolute atomic E-state index is 0.135. The standard InChI is InChI=1S/C10H22O2/c1-9(2)8-10(12)6-4-3-5-7-11/h9-12H,3-8H2,1-2H3. The highest BCUT2D eigenvalue weighted by Gasteiger charge is 2.05. The van der Waals surface area contributed by atoms with Gasteiger partial charge >= 0.3 is 0 Å². The first kappa shape index (κ1) is 11.9. The van der Waals surface area contributed by atoms with Crippen molar-refractivity contribution in [2.45, 2.75) is 52.1 Å². The highest BCUT2D eigenvalue weighted by molar-refractivity contribution is 4.58. The fraction of sp³-hybridized carbons (Fsp3) is 1.00. The van der Waals surface area contributed by atoms with Crippen molar-refractivity contribution in [3.05, 3.63) is 0 Å². The highest BCUT2D eigenvalue weighted by Crippen LogP contribution is 2.11. The summed E-state index contributed by atoms with van der Waals surface area (Å²) in [6.45, 7) is 4.52. The number of aliphatic hydroxyl groups excluding tert-OH is 2. The zero-order valence-corrected chi connectivity index (χ0v) is 8.29. The second kappa shape index (κ2) is 7.56. The summed E-state index contributed by atoms with van der Waals surface area (Å²) in [6, 6.07) is 0. The molecule has 1 atom stereocenters. The predicted molar refractivity (Wildman–Crippen MR) is 51.0 cm³/mol. The van der Waals surface area contributed by atoms with Gasteiger partial charge in [-0.1, -0.05) is 26.7 Å². The second-order valence-electron chi connectivity index (χ2n) is 3.86. The predicted octanol–water partition coefficient (Wildman–Crippen LogP) is 1.95. The molecular weight excluding hydrogens is 152 g/mol. The lowest BCUT2D eigenvalue weighted by Gasteiger charge is -2.12. The summed E-state index contributed by atoms with van der Waals surface area (Å²) >= 11 is 0. The van der Waals surface area contributed by atoms with Crippen LogP contribution in [0.25, 0.3) is 0 Å². The van der Waals surface area contributed by atoms with E-state index < -0.39 is 0 Å². The molecule has 0 aromatic heterocycles. The Bertz CT molecular complexity index is 91.8. The Labute approximate surface area is 75.6 Å². The van der Waals surface area contributed by atoms with E-state index in [0.717, 1.165) is 32.1 Å². The lowest BCUT2D eigenvalue weighted by molar-refractivity contribution is 0.135. The third kappa shape index (κ3) is 8.02. The number of unbranched alkanes of at least 4 members (excludes halogenated alkanes) is 2. The van der Waals surface area contributed by atoms with Crippen molar-refractivity contribution < 1.29 is 10.2 Å². The third-order valence-corrected chi connectivity index (χ3v) is 1.94. The SMILES string of the molecule is CC(C)CC(O)CCCCCO. The zero-order valence-electron chi connectivity index (χ0n) is 8.29. The molecule has 0 aromatic rings. The van der Waals surface area contributed by atoms with E-state index >= 15 is 0 Å². The van der Waals surface area contributed by atoms with E-state index in [0.29, 0.717) is 5.92 Å². The number of hydrogen-bond donors (Lipinski definition) is 2. The van der Waals surface area contributed by atoms with Gasteiger partial charge in [0.2, 0.25) is 0 Å². The molecule has 2 nitrogen and oxygen atoms in total. The van der Waals surface area contributed by atoms with E-state index in [1.165, 1.54) is 0 Å². The van der Waals surface area contributed by atoms with Crippen LogP contribution in [0.1, 0.15) is 46.0 Å². The minimum atomic E-state index is -0.135. The molecule has 74 valence electrons.